The third-order valence-electron chi connectivity index (χ3n) is 3.00. The Kier molecular flexibility index (Phi) is 4.91. The van der Waals surface area contributed by atoms with Crippen molar-refractivity contribution in [1.29, 1.82) is 0 Å². The van der Waals surface area contributed by atoms with Gasteiger partial charge in [-0.2, -0.15) is 0 Å². The molecule has 0 unspecified atom stereocenters. The molecule has 10 heteroatoms. The number of benzene rings is 1. The van der Waals surface area contributed by atoms with E-state index in [1.807, 2.05) is 24.3 Å². The molecule has 0 saturated heterocycles. The SMILES string of the molecule is O=c1onc(-c2nonc2NCCBr)n1Cc1cccc(Br)c1. The average Bonchev–Trinajstić information content (AvgIpc) is 3.13. The lowest BCUT2D eigenvalue weighted by molar-refractivity contribution is 0.309. The molecule has 0 bridgehead atoms. The van der Waals surface area contributed by atoms with Crippen molar-refractivity contribution in [2.24, 2.45) is 0 Å². The fraction of sp³-hybridized carbons (Fsp3) is 0.231. The van der Waals surface area contributed by atoms with Crippen molar-refractivity contribution >= 4 is 37.7 Å². The second kappa shape index (κ2) is 7.09. The number of aromatic nitrogens is 4. The van der Waals surface area contributed by atoms with Crippen LogP contribution in [0.1, 0.15) is 5.56 Å². The number of halogens is 2. The van der Waals surface area contributed by atoms with Crippen LogP contribution in [0.15, 0.2) is 42.7 Å². The maximum absolute atomic E-state index is 12.0. The molecule has 8 nitrogen and oxygen atoms in total. The summed E-state index contributed by atoms with van der Waals surface area (Å²) in [6.45, 7) is 0.913. The minimum atomic E-state index is -0.575. The second-order valence-corrected chi connectivity index (χ2v) is 6.27. The van der Waals surface area contributed by atoms with Crippen LogP contribution in [0.4, 0.5) is 5.82 Å². The summed E-state index contributed by atoms with van der Waals surface area (Å²) < 4.78 is 11.8. The summed E-state index contributed by atoms with van der Waals surface area (Å²) in [5.74, 6) is 0.0865. The number of alkyl halides is 1. The fourth-order valence-electron chi connectivity index (χ4n) is 2.01. The summed E-state index contributed by atoms with van der Waals surface area (Å²) in [6.07, 6.45) is 0. The van der Waals surface area contributed by atoms with E-state index >= 15 is 0 Å². The molecule has 2 heterocycles. The normalized spacial score (nSPS) is 10.9. The lowest BCUT2D eigenvalue weighted by Crippen LogP contribution is -2.17. The number of rotatable bonds is 6. The molecule has 0 saturated carbocycles. The molecule has 0 fully saturated rings. The molecule has 120 valence electrons. The lowest BCUT2D eigenvalue weighted by Gasteiger charge is -2.05. The van der Waals surface area contributed by atoms with Crippen LogP contribution < -0.4 is 11.1 Å². The number of hydrogen-bond acceptors (Lipinski definition) is 7. The van der Waals surface area contributed by atoms with Crippen molar-refractivity contribution in [1.82, 2.24) is 20.0 Å². The molecule has 3 aromatic rings. The highest BCUT2D eigenvalue weighted by Gasteiger charge is 2.21. The second-order valence-electron chi connectivity index (χ2n) is 4.57. The van der Waals surface area contributed by atoms with Crippen LogP contribution in [0.2, 0.25) is 0 Å². The zero-order valence-electron chi connectivity index (χ0n) is 11.7. The van der Waals surface area contributed by atoms with Gasteiger partial charge in [-0.25, -0.2) is 9.42 Å². The number of nitrogens with zero attached hydrogens (tertiary/aromatic N) is 4. The summed E-state index contributed by atoms with van der Waals surface area (Å²) >= 11 is 6.71. The first-order chi connectivity index (χ1) is 11.2. The number of hydrogen-bond donors (Lipinski definition) is 1. The molecule has 0 aliphatic carbocycles. The van der Waals surface area contributed by atoms with Crippen LogP contribution in [0.3, 0.4) is 0 Å². The summed E-state index contributed by atoms with van der Waals surface area (Å²) in [6, 6.07) is 7.61. The minimum absolute atomic E-state index is 0.258. The van der Waals surface area contributed by atoms with Gasteiger partial charge in [0.15, 0.2) is 5.69 Å². The summed E-state index contributed by atoms with van der Waals surface area (Å²) in [5.41, 5.74) is 1.24. The van der Waals surface area contributed by atoms with Gasteiger partial charge in [0.1, 0.15) is 0 Å². The van der Waals surface area contributed by atoms with Crippen LogP contribution in [0.5, 0.6) is 0 Å². The molecule has 0 aliphatic rings. The quantitative estimate of drug-likeness (QED) is 0.583. The first-order valence-electron chi connectivity index (χ1n) is 6.62. The maximum Gasteiger partial charge on any atom is 0.442 e. The van der Waals surface area contributed by atoms with Crippen molar-refractivity contribution in [3.8, 4) is 11.5 Å². The molecule has 0 atom stereocenters. The molecule has 2 aromatic heterocycles. The van der Waals surface area contributed by atoms with E-state index < -0.39 is 5.76 Å². The Labute approximate surface area is 147 Å². The van der Waals surface area contributed by atoms with Gasteiger partial charge in [-0.3, -0.25) is 9.09 Å². The monoisotopic (exact) mass is 443 g/mol. The van der Waals surface area contributed by atoms with E-state index in [-0.39, 0.29) is 5.82 Å². The van der Waals surface area contributed by atoms with E-state index in [9.17, 15) is 4.79 Å². The van der Waals surface area contributed by atoms with Gasteiger partial charge in [0.2, 0.25) is 11.6 Å². The minimum Gasteiger partial charge on any atom is -0.364 e. The van der Waals surface area contributed by atoms with Gasteiger partial charge in [-0.05, 0) is 28.0 Å². The fourth-order valence-corrected chi connectivity index (χ4v) is 2.66. The smallest absolute Gasteiger partial charge is 0.364 e. The van der Waals surface area contributed by atoms with Crippen LogP contribution in [0.25, 0.3) is 11.5 Å². The van der Waals surface area contributed by atoms with E-state index in [4.69, 9.17) is 9.15 Å². The highest BCUT2D eigenvalue weighted by molar-refractivity contribution is 9.10. The zero-order chi connectivity index (χ0) is 16.2. The van der Waals surface area contributed by atoms with Crippen molar-refractivity contribution in [2.75, 3.05) is 17.2 Å². The molecule has 1 N–H and O–H groups in total. The van der Waals surface area contributed by atoms with Crippen LogP contribution in [0, 0.1) is 0 Å². The summed E-state index contributed by atoms with van der Waals surface area (Å²) in [7, 11) is 0. The number of nitrogens with one attached hydrogen (secondary N) is 1. The highest BCUT2D eigenvalue weighted by atomic mass is 79.9. The van der Waals surface area contributed by atoms with Gasteiger partial charge < -0.3 is 5.32 Å². The Bertz CT molecular complexity index is 857. The van der Waals surface area contributed by atoms with Crippen LogP contribution >= 0.6 is 31.9 Å². The molecule has 0 aliphatic heterocycles. The first kappa shape index (κ1) is 15.9. The average molecular weight is 445 g/mol. The Morgan fingerprint density at radius 1 is 1.26 bits per heavy atom. The van der Waals surface area contributed by atoms with Gasteiger partial charge in [0.05, 0.1) is 6.54 Å². The third-order valence-corrected chi connectivity index (χ3v) is 3.89. The van der Waals surface area contributed by atoms with E-state index in [0.29, 0.717) is 24.6 Å². The summed E-state index contributed by atoms with van der Waals surface area (Å²) in [4.78, 5) is 12.0. The van der Waals surface area contributed by atoms with Crippen molar-refractivity contribution < 1.29 is 9.15 Å². The molecule has 0 spiro atoms. The Balaban J connectivity index is 1.96. The van der Waals surface area contributed by atoms with Gasteiger partial charge in [0.25, 0.3) is 0 Å². The summed E-state index contributed by atoms with van der Waals surface area (Å²) in [5, 5.41) is 15.1. The van der Waals surface area contributed by atoms with E-state index in [2.05, 4.69) is 52.6 Å². The Morgan fingerprint density at radius 2 is 2.13 bits per heavy atom. The standard InChI is InChI=1S/C13H11Br2N5O3/c14-4-5-16-11-10(17-23-18-11)12-19-22-13(21)20(12)7-8-2-1-3-9(15)6-8/h1-3,6H,4-5,7H2,(H,16,18). The largest absolute Gasteiger partial charge is 0.442 e. The highest BCUT2D eigenvalue weighted by Crippen LogP contribution is 2.22. The maximum atomic E-state index is 12.0. The van der Waals surface area contributed by atoms with Gasteiger partial charge in [-0.1, -0.05) is 49.1 Å². The molecule has 1 aromatic carbocycles. The predicted molar refractivity (Wildman–Crippen MR) is 89.6 cm³/mol. The van der Waals surface area contributed by atoms with Gasteiger partial charge >= 0.3 is 5.76 Å². The van der Waals surface area contributed by atoms with Gasteiger partial charge in [0, 0.05) is 16.3 Å². The van der Waals surface area contributed by atoms with Crippen LogP contribution in [-0.4, -0.2) is 31.9 Å². The van der Waals surface area contributed by atoms with Crippen molar-refractivity contribution in [2.45, 2.75) is 6.54 Å². The topological polar surface area (TPSA) is 99.0 Å². The molecule has 23 heavy (non-hydrogen) atoms. The zero-order valence-corrected chi connectivity index (χ0v) is 14.9. The van der Waals surface area contributed by atoms with Crippen molar-refractivity contribution in [3.63, 3.8) is 0 Å². The molecule has 0 amide bonds. The third kappa shape index (κ3) is 3.53. The van der Waals surface area contributed by atoms with E-state index in [1.165, 1.54) is 4.57 Å². The predicted octanol–water partition coefficient (Wildman–Crippen LogP) is 2.50. The molecule has 3 rings (SSSR count). The molecular formula is C13H11Br2N5O3. The van der Waals surface area contributed by atoms with Gasteiger partial charge in [-0.15, -0.1) is 0 Å². The first-order valence-corrected chi connectivity index (χ1v) is 8.54. The van der Waals surface area contributed by atoms with E-state index in [0.717, 1.165) is 15.4 Å². The Morgan fingerprint density at radius 3 is 2.91 bits per heavy atom. The molecular weight excluding hydrogens is 434 g/mol. The molecule has 0 radical (unpaired) electrons. The van der Waals surface area contributed by atoms with Crippen molar-refractivity contribution in [3.05, 3.63) is 44.9 Å². The number of anilines is 1. The Hall–Kier alpha value is -1.94. The van der Waals surface area contributed by atoms with Crippen LogP contribution in [-0.2, 0) is 6.54 Å². The van der Waals surface area contributed by atoms with E-state index in [1.54, 1.807) is 0 Å². The lowest BCUT2D eigenvalue weighted by atomic mass is 10.2.